The zero-order chi connectivity index (χ0) is 36.3. The van der Waals surface area contributed by atoms with Crippen LogP contribution in [0.5, 0.6) is 0 Å². The monoisotopic (exact) mass is 704 g/mol. The number of fused-ring (bicyclic) bond motifs is 7. The summed E-state index contributed by atoms with van der Waals surface area (Å²) >= 11 is 0. The highest BCUT2D eigenvalue weighted by Gasteiger charge is 2.25. The SMILES string of the molecule is c1ccc(-c2cccc(-c3nc(-c4cccc(-c5ccccc5)c4)nc(-n4c5ccccc5c5cn6c7ccccc7n(-c7ccccc7)c6c54)n3)c2)cc1. The van der Waals surface area contributed by atoms with Gasteiger partial charge in [-0.05, 0) is 64.7 Å². The van der Waals surface area contributed by atoms with Crippen molar-refractivity contribution in [1.29, 1.82) is 0 Å². The lowest BCUT2D eigenvalue weighted by molar-refractivity contribution is 0.952. The molecule has 0 aliphatic heterocycles. The van der Waals surface area contributed by atoms with Crippen LogP contribution in [0.1, 0.15) is 0 Å². The molecule has 11 aromatic rings. The molecule has 0 aliphatic rings. The van der Waals surface area contributed by atoms with Crippen LogP contribution >= 0.6 is 0 Å². The van der Waals surface area contributed by atoms with E-state index in [2.05, 4.69) is 196 Å². The first-order valence-corrected chi connectivity index (χ1v) is 18.5. The van der Waals surface area contributed by atoms with E-state index in [1.807, 2.05) is 12.1 Å². The van der Waals surface area contributed by atoms with E-state index >= 15 is 0 Å². The Hall–Kier alpha value is -7.57. The van der Waals surface area contributed by atoms with Crippen LogP contribution < -0.4 is 0 Å². The number of aromatic nitrogens is 6. The summed E-state index contributed by atoms with van der Waals surface area (Å²) in [4.78, 5) is 15.9. The lowest BCUT2D eigenvalue weighted by atomic mass is 10.0. The van der Waals surface area contributed by atoms with E-state index in [1.54, 1.807) is 0 Å². The van der Waals surface area contributed by atoms with Gasteiger partial charge in [0.2, 0.25) is 5.95 Å². The summed E-state index contributed by atoms with van der Waals surface area (Å²) < 4.78 is 6.89. The van der Waals surface area contributed by atoms with Gasteiger partial charge in [-0.3, -0.25) is 13.5 Å². The standard InChI is InChI=1S/C49H32N6/c1-4-16-33(17-5-1)35-20-14-22-37(30-35)46-50-47(38-23-15-21-36(31-38)34-18-6-2-7-19-34)52-49(51-46)55-42-27-11-10-26-40(42)41-32-53-43-28-12-13-29-44(43)54(48(53)45(41)55)39-24-8-3-9-25-39/h1-32H. The highest BCUT2D eigenvalue weighted by molar-refractivity contribution is 6.15. The Bertz CT molecular complexity index is 3090. The third kappa shape index (κ3) is 5.07. The Kier molecular flexibility index (Phi) is 7.07. The zero-order valence-corrected chi connectivity index (χ0v) is 29.7. The molecule has 4 heterocycles. The highest BCUT2D eigenvalue weighted by atomic mass is 15.2. The molecular formula is C49H32N6. The van der Waals surface area contributed by atoms with Gasteiger partial charge in [-0.25, -0.2) is 4.98 Å². The van der Waals surface area contributed by atoms with Crippen molar-refractivity contribution in [3.63, 3.8) is 0 Å². The quantitative estimate of drug-likeness (QED) is 0.173. The topological polar surface area (TPSA) is 52.9 Å². The van der Waals surface area contributed by atoms with E-state index in [0.29, 0.717) is 17.6 Å². The number of nitrogens with zero attached hydrogens (tertiary/aromatic N) is 6. The van der Waals surface area contributed by atoms with E-state index < -0.39 is 0 Å². The molecular weight excluding hydrogens is 673 g/mol. The molecule has 0 atom stereocenters. The first kappa shape index (κ1) is 31.0. The van der Waals surface area contributed by atoms with Crippen LogP contribution in [0.25, 0.3) is 95.2 Å². The molecule has 11 rings (SSSR count). The molecule has 0 saturated carbocycles. The molecule has 0 fully saturated rings. The summed E-state index contributed by atoms with van der Waals surface area (Å²) in [5.41, 5.74) is 12.7. The average Bonchev–Trinajstić information content (AvgIpc) is 3.91. The lowest BCUT2D eigenvalue weighted by Gasteiger charge is -2.13. The summed E-state index contributed by atoms with van der Waals surface area (Å²) in [6.07, 6.45) is 2.26. The second-order valence-corrected chi connectivity index (χ2v) is 13.8. The number of hydrogen-bond donors (Lipinski definition) is 0. The predicted octanol–water partition coefficient (Wildman–Crippen LogP) is 11.8. The molecule has 0 saturated heterocycles. The van der Waals surface area contributed by atoms with E-state index in [1.165, 1.54) is 0 Å². The second kappa shape index (κ2) is 12.5. The van der Waals surface area contributed by atoms with E-state index in [0.717, 1.165) is 77.6 Å². The van der Waals surface area contributed by atoms with Gasteiger partial charge in [-0.2, -0.15) is 9.97 Å². The maximum atomic E-state index is 5.35. The number of hydrogen-bond acceptors (Lipinski definition) is 3. The molecule has 0 N–H and O–H groups in total. The average molecular weight is 705 g/mol. The van der Waals surface area contributed by atoms with Crippen molar-refractivity contribution in [2.24, 2.45) is 0 Å². The summed E-state index contributed by atoms with van der Waals surface area (Å²) in [6.45, 7) is 0. The van der Waals surface area contributed by atoms with Crippen molar-refractivity contribution in [1.82, 2.24) is 28.5 Å². The highest BCUT2D eigenvalue weighted by Crippen LogP contribution is 2.39. The Labute approximate surface area is 316 Å². The Morgan fingerprint density at radius 1 is 0.345 bits per heavy atom. The summed E-state index contributed by atoms with van der Waals surface area (Å²) in [6, 6.07) is 65.5. The van der Waals surface area contributed by atoms with Gasteiger partial charge < -0.3 is 0 Å². The molecule has 0 unspecified atom stereocenters. The maximum absolute atomic E-state index is 5.35. The van der Waals surface area contributed by atoms with E-state index in [9.17, 15) is 0 Å². The first-order valence-electron chi connectivity index (χ1n) is 18.5. The molecule has 7 aromatic carbocycles. The minimum atomic E-state index is 0.555. The number of para-hydroxylation sites is 4. The molecule has 4 aromatic heterocycles. The molecule has 55 heavy (non-hydrogen) atoms. The molecule has 0 amide bonds. The van der Waals surface area contributed by atoms with E-state index in [4.69, 9.17) is 15.0 Å². The van der Waals surface area contributed by atoms with Crippen LogP contribution in [0.3, 0.4) is 0 Å². The summed E-state index contributed by atoms with van der Waals surface area (Å²) in [7, 11) is 0. The van der Waals surface area contributed by atoms with Gasteiger partial charge in [0.05, 0.1) is 16.6 Å². The largest absolute Gasteiger partial charge is 0.298 e. The van der Waals surface area contributed by atoms with Crippen LogP contribution in [0.4, 0.5) is 0 Å². The number of rotatable bonds is 6. The Balaban J connectivity index is 1.23. The van der Waals surface area contributed by atoms with Gasteiger partial charge in [-0.1, -0.05) is 146 Å². The van der Waals surface area contributed by atoms with Crippen LogP contribution in [-0.2, 0) is 0 Å². The minimum absolute atomic E-state index is 0.555. The van der Waals surface area contributed by atoms with Gasteiger partial charge in [0.1, 0.15) is 11.2 Å². The summed E-state index contributed by atoms with van der Waals surface area (Å²) in [5, 5.41) is 2.26. The van der Waals surface area contributed by atoms with Gasteiger partial charge in [0.25, 0.3) is 0 Å². The molecule has 0 aliphatic carbocycles. The van der Waals surface area contributed by atoms with Gasteiger partial charge >= 0.3 is 0 Å². The fourth-order valence-electron chi connectivity index (χ4n) is 7.99. The number of benzene rings is 7. The summed E-state index contributed by atoms with van der Waals surface area (Å²) in [5.74, 6) is 1.76. The third-order valence-electron chi connectivity index (χ3n) is 10.5. The van der Waals surface area contributed by atoms with Crippen LogP contribution in [0.15, 0.2) is 194 Å². The Morgan fingerprint density at radius 2 is 0.836 bits per heavy atom. The van der Waals surface area contributed by atoms with E-state index in [-0.39, 0.29) is 0 Å². The second-order valence-electron chi connectivity index (χ2n) is 13.8. The molecule has 6 heteroatoms. The fourth-order valence-corrected chi connectivity index (χ4v) is 7.99. The van der Waals surface area contributed by atoms with Crippen LogP contribution in [0, 0.1) is 0 Å². The van der Waals surface area contributed by atoms with Gasteiger partial charge in [0, 0.05) is 33.8 Å². The molecule has 0 bridgehead atoms. The van der Waals surface area contributed by atoms with Crippen molar-refractivity contribution in [3.05, 3.63) is 194 Å². The third-order valence-corrected chi connectivity index (χ3v) is 10.5. The smallest absolute Gasteiger partial charge is 0.238 e. The molecule has 0 radical (unpaired) electrons. The Morgan fingerprint density at radius 3 is 1.45 bits per heavy atom. The minimum Gasteiger partial charge on any atom is -0.298 e. The molecule has 258 valence electrons. The van der Waals surface area contributed by atoms with Crippen LogP contribution in [0.2, 0.25) is 0 Å². The fraction of sp³-hybridized carbons (Fsp3) is 0. The van der Waals surface area contributed by atoms with Crippen molar-refractivity contribution in [3.8, 4) is 56.7 Å². The van der Waals surface area contributed by atoms with Crippen molar-refractivity contribution in [2.45, 2.75) is 0 Å². The van der Waals surface area contributed by atoms with Crippen molar-refractivity contribution < 1.29 is 0 Å². The van der Waals surface area contributed by atoms with Crippen molar-refractivity contribution in [2.75, 3.05) is 0 Å². The van der Waals surface area contributed by atoms with Gasteiger partial charge in [-0.15, -0.1) is 0 Å². The lowest BCUT2D eigenvalue weighted by Crippen LogP contribution is -2.07. The number of imidazole rings is 1. The van der Waals surface area contributed by atoms with Gasteiger partial charge in [0.15, 0.2) is 11.6 Å². The predicted molar refractivity (Wildman–Crippen MR) is 224 cm³/mol. The first-order chi connectivity index (χ1) is 27.3. The maximum Gasteiger partial charge on any atom is 0.238 e. The molecule has 6 nitrogen and oxygen atoms in total. The van der Waals surface area contributed by atoms with Crippen LogP contribution in [-0.4, -0.2) is 28.5 Å². The molecule has 0 spiro atoms. The van der Waals surface area contributed by atoms with Crippen molar-refractivity contribution >= 4 is 38.5 Å². The zero-order valence-electron chi connectivity index (χ0n) is 29.7. The normalized spacial score (nSPS) is 11.6.